The minimum Gasteiger partial charge on any atom is -0.326 e. The van der Waals surface area contributed by atoms with Gasteiger partial charge in [0.15, 0.2) is 11.6 Å². The van der Waals surface area contributed by atoms with E-state index < -0.39 is 33.2 Å². The van der Waals surface area contributed by atoms with Crippen molar-refractivity contribution in [2.75, 3.05) is 4.72 Å². The van der Waals surface area contributed by atoms with E-state index in [9.17, 15) is 21.6 Å². The molecule has 1 aromatic heterocycles. The molecule has 2 aromatic rings. The molecule has 0 saturated heterocycles. The fraction of sp³-hybridized carbons (Fsp3) is 0.0909. The van der Waals surface area contributed by atoms with E-state index >= 15 is 0 Å². The highest BCUT2D eigenvalue weighted by Gasteiger charge is 2.23. The highest BCUT2D eigenvalue weighted by Crippen LogP contribution is 2.27. The Labute approximate surface area is 117 Å². The number of halogens is 3. The molecule has 0 radical (unpaired) electrons. The molecule has 1 heterocycles. The number of anilines is 1. The summed E-state index contributed by atoms with van der Waals surface area (Å²) in [4.78, 5) is 0.188. The van der Waals surface area contributed by atoms with Gasteiger partial charge in [-0.2, -0.15) is 0 Å². The van der Waals surface area contributed by atoms with Crippen molar-refractivity contribution in [2.24, 2.45) is 5.73 Å². The van der Waals surface area contributed by atoms with Gasteiger partial charge in [0, 0.05) is 23.6 Å². The van der Waals surface area contributed by atoms with Crippen molar-refractivity contribution in [1.82, 2.24) is 0 Å². The van der Waals surface area contributed by atoms with Gasteiger partial charge in [-0.1, -0.05) is 0 Å². The summed E-state index contributed by atoms with van der Waals surface area (Å²) >= 11 is 1.11. The smallest absolute Gasteiger partial charge is 0.263 e. The molecule has 3 N–H and O–H groups in total. The maximum atomic E-state index is 13.4. The van der Waals surface area contributed by atoms with Crippen molar-refractivity contribution in [1.29, 1.82) is 0 Å². The molecule has 0 aliphatic rings. The van der Waals surface area contributed by atoms with Crippen LogP contribution in [0.25, 0.3) is 0 Å². The van der Waals surface area contributed by atoms with Crippen molar-refractivity contribution in [3.8, 4) is 0 Å². The predicted octanol–water partition coefficient (Wildman–Crippen LogP) is 2.42. The second kappa shape index (κ2) is 5.43. The van der Waals surface area contributed by atoms with Gasteiger partial charge >= 0.3 is 0 Å². The van der Waals surface area contributed by atoms with Crippen molar-refractivity contribution in [2.45, 2.75) is 11.4 Å². The molecule has 0 unspecified atom stereocenters. The van der Waals surface area contributed by atoms with E-state index in [1.165, 1.54) is 11.4 Å². The summed E-state index contributed by atoms with van der Waals surface area (Å²) in [5.41, 5.74) is 4.46. The number of hydrogen-bond acceptors (Lipinski definition) is 4. The second-order valence-electron chi connectivity index (χ2n) is 3.76. The van der Waals surface area contributed by atoms with Crippen LogP contribution in [-0.4, -0.2) is 8.42 Å². The van der Waals surface area contributed by atoms with Crippen LogP contribution in [-0.2, 0) is 16.6 Å². The summed E-state index contributed by atoms with van der Waals surface area (Å²) in [6.07, 6.45) is 0. The summed E-state index contributed by atoms with van der Waals surface area (Å²) in [6, 6.07) is 2.05. The van der Waals surface area contributed by atoms with Crippen LogP contribution >= 0.6 is 11.3 Å². The van der Waals surface area contributed by atoms with Crippen molar-refractivity contribution in [3.63, 3.8) is 0 Å². The molecule has 1 aromatic carbocycles. The molecule has 9 heteroatoms. The van der Waals surface area contributed by atoms with Crippen LogP contribution in [0.15, 0.2) is 28.5 Å². The third kappa shape index (κ3) is 2.79. The lowest BCUT2D eigenvalue weighted by atomic mass is 10.3. The highest BCUT2D eigenvalue weighted by molar-refractivity contribution is 7.93. The summed E-state index contributed by atoms with van der Waals surface area (Å²) in [5.74, 6) is -3.81. The number of hydrogen-bond donors (Lipinski definition) is 2. The molecule has 0 bridgehead atoms. The lowest BCUT2D eigenvalue weighted by Gasteiger charge is -2.10. The van der Waals surface area contributed by atoms with E-state index in [0.29, 0.717) is 17.0 Å². The van der Waals surface area contributed by atoms with E-state index in [2.05, 4.69) is 0 Å². The van der Waals surface area contributed by atoms with Gasteiger partial charge in [-0.15, -0.1) is 11.3 Å². The molecule has 108 valence electrons. The van der Waals surface area contributed by atoms with Gasteiger partial charge in [0.2, 0.25) is 0 Å². The zero-order valence-electron chi connectivity index (χ0n) is 9.86. The maximum absolute atomic E-state index is 13.4. The standard InChI is InChI=1S/C11H9F3N2O2S2/c12-6-3-7(13)11(8(14)4-6)16-20(17,18)10-1-2-19-9(10)5-15/h1-4,16H,5,15H2. The first-order valence-electron chi connectivity index (χ1n) is 5.29. The van der Waals surface area contributed by atoms with Gasteiger partial charge in [-0.25, -0.2) is 21.6 Å². The molecule has 0 saturated carbocycles. The molecule has 0 fully saturated rings. The molecule has 0 aliphatic heterocycles. The molecular formula is C11H9F3N2O2S2. The SMILES string of the molecule is NCc1sccc1S(=O)(=O)Nc1c(F)cc(F)cc1F. The Kier molecular flexibility index (Phi) is 4.02. The maximum Gasteiger partial charge on any atom is 0.263 e. The Morgan fingerprint density at radius 3 is 2.35 bits per heavy atom. The van der Waals surface area contributed by atoms with Gasteiger partial charge < -0.3 is 5.73 Å². The Balaban J connectivity index is 2.44. The average molecular weight is 322 g/mol. The highest BCUT2D eigenvalue weighted by atomic mass is 32.2. The van der Waals surface area contributed by atoms with Crippen LogP contribution in [0.1, 0.15) is 4.88 Å². The van der Waals surface area contributed by atoms with E-state index in [0.717, 1.165) is 11.3 Å². The van der Waals surface area contributed by atoms with E-state index in [1.807, 2.05) is 0 Å². The molecule has 0 spiro atoms. The largest absolute Gasteiger partial charge is 0.326 e. The predicted molar refractivity (Wildman–Crippen MR) is 69.3 cm³/mol. The molecular weight excluding hydrogens is 313 g/mol. The first-order chi connectivity index (χ1) is 9.35. The summed E-state index contributed by atoms with van der Waals surface area (Å²) in [7, 11) is -4.19. The number of nitrogens with one attached hydrogen (secondary N) is 1. The minimum atomic E-state index is -4.19. The normalized spacial score (nSPS) is 11.6. The molecule has 20 heavy (non-hydrogen) atoms. The van der Waals surface area contributed by atoms with Crippen LogP contribution in [0.5, 0.6) is 0 Å². The first-order valence-corrected chi connectivity index (χ1v) is 7.65. The van der Waals surface area contributed by atoms with Gasteiger partial charge in [0.05, 0.1) is 0 Å². The second-order valence-corrected chi connectivity index (χ2v) is 6.41. The van der Waals surface area contributed by atoms with Crippen LogP contribution in [0.2, 0.25) is 0 Å². The third-order valence-electron chi connectivity index (χ3n) is 2.42. The fourth-order valence-electron chi connectivity index (χ4n) is 1.55. The Hall–Kier alpha value is -1.58. The number of benzene rings is 1. The van der Waals surface area contributed by atoms with Gasteiger partial charge in [0.1, 0.15) is 16.4 Å². The van der Waals surface area contributed by atoms with Gasteiger partial charge in [0.25, 0.3) is 10.0 Å². The minimum absolute atomic E-state index is 0.0255. The van der Waals surface area contributed by atoms with Gasteiger partial charge in [-0.3, -0.25) is 4.72 Å². The lowest BCUT2D eigenvalue weighted by Crippen LogP contribution is -2.16. The molecule has 0 aliphatic carbocycles. The number of nitrogens with two attached hydrogens (primary N) is 1. The number of thiophene rings is 1. The fourth-order valence-corrected chi connectivity index (χ4v) is 3.96. The quantitative estimate of drug-likeness (QED) is 0.908. The Morgan fingerprint density at radius 2 is 1.80 bits per heavy atom. The molecule has 4 nitrogen and oxygen atoms in total. The van der Waals surface area contributed by atoms with Crippen LogP contribution < -0.4 is 10.5 Å². The zero-order chi connectivity index (χ0) is 14.9. The van der Waals surface area contributed by atoms with E-state index in [4.69, 9.17) is 5.73 Å². The molecule has 2 rings (SSSR count). The lowest BCUT2D eigenvalue weighted by molar-refractivity contribution is 0.547. The van der Waals surface area contributed by atoms with Gasteiger partial charge in [-0.05, 0) is 11.4 Å². The average Bonchev–Trinajstić information content (AvgIpc) is 2.83. The first kappa shape index (κ1) is 14.8. The van der Waals surface area contributed by atoms with Crippen molar-refractivity contribution in [3.05, 3.63) is 45.9 Å². The topological polar surface area (TPSA) is 72.2 Å². The third-order valence-corrected chi connectivity index (χ3v) is 4.93. The Morgan fingerprint density at radius 1 is 1.20 bits per heavy atom. The van der Waals surface area contributed by atoms with Crippen molar-refractivity contribution >= 4 is 27.0 Å². The summed E-state index contributed by atoms with van der Waals surface area (Å²) < 4.78 is 65.5. The Bertz CT molecular complexity index is 721. The molecule has 0 atom stereocenters. The summed E-state index contributed by atoms with van der Waals surface area (Å²) in [5, 5.41) is 1.49. The van der Waals surface area contributed by atoms with Crippen LogP contribution in [0.4, 0.5) is 18.9 Å². The summed E-state index contributed by atoms with van der Waals surface area (Å²) in [6.45, 7) is -0.0255. The zero-order valence-corrected chi connectivity index (χ0v) is 11.5. The monoisotopic (exact) mass is 322 g/mol. The van der Waals surface area contributed by atoms with E-state index in [-0.39, 0.29) is 11.4 Å². The van der Waals surface area contributed by atoms with Crippen molar-refractivity contribution < 1.29 is 21.6 Å². The van der Waals surface area contributed by atoms with Crippen LogP contribution in [0.3, 0.4) is 0 Å². The van der Waals surface area contributed by atoms with Crippen LogP contribution in [0, 0.1) is 17.5 Å². The van der Waals surface area contributed by atoms with E-state index in [1.54, 1.807) is 4.72 Å². The number of sulfonamides is 1. The number of rotatable bonds is 4. The molecule has 0 amide bonds.